The van der Waals surface area contributed by atoms with Gasteiger partial charge in [0.2, 0.25) is 0 Å². The Kier molecular flexibility index (Phi) is 5.42. The van der Waals surface area contributed by atoms with E-state index in [1.54, 1.807) is 6.92 Å². The van der Waals surface area contributed by atoms with Gasteiger partial charge in [0.05, 0.1) is 6.61 Å². The number of hydrogen-bond donors (Lipinski definition) is 2. The van der Waals surface area contributed by atoms with Crippen LogP contribution in [0.3, 0.4) is 0 Å². The van der Waals surface area contributed by atoms with Crippen LogP contribution in [0, 0.1) is 0 Å². The highest BCUT2D eigenvalue weighted by atomic mass is 32.1. The van der Waals surface area contributed by atoms with Crippen molar-refractivity contribution in [2.75, 3.05) is 11.9 Å². The lowest BCUT2D eigenvalue weighted by atomic mass is 10.1. The Labute approximate surface area is 106 Å². The van der Waals surface area contributed by atoms with Crippen LogP contribution in [0.2, 0.25) is 0 Å². The summed E-state index contributed by atoms with van der Waals surface area (Å²) in [5, 5.41) is 3.08. The van der Waals surface area contributed by atoms with Crippen molar-refractivity contribution < 1.29 is 9.53 Å². The zero-order valence-electron chi connectivity index (χ0n) is 9.73. The van der Waals surface area contributed by atoms with Crippen LogP contribution in [0.1, 0.15) is 18.9 Å². The number of carbonyl (C=O) groups is 1. The minimum absolute atomic E-state index is 0.180. The van der Waals surface area contributed by atoms with Gasteiger partial charge in [-0.25, -0.2) is 0 Å². The van der Waals surface area contributed by atoms with Gasteiger partial charge in [0.1, 0.15) is 0 Å². The van der Waals surface area contributed by atoms with Gasteiger partial charge >= 0.3 is 5.97 Å². The fraction of sp³-hybridized carbons (Fsp3) is 0.333. The average Bonchev–Trinajstić information content (AvgIpc) is 2.26. The number of thiocarbonyl (C=S) groups is 1. The van der Waals surface area contributed by atoms with Crippen molar-refractivity contribution in [3.05, 3.63) is 29.8 Å². The predicted octanol–water partition coefficient (Wildman–Crippen LogP) is 1.84. The summed E-state index contributed by atoms with van der Waals surface area (Å²) in [7, 11) is 0. The van der Waals surface area contributed by atoms with Crippen LogP contribution in [0.25, 0.3) is 0 Å². The molecule has 17 heavy (non-hydrogen) atoms. The highest BCUT2D eigenvalue weighted by Crippen LogP contribution is 2.12. The number of aryl methyl sites for hydroxylation is 1. The Bertz CT molecular complexity index is 407. The predicted molar refractivity (Wildman–Crippen MR) is 71.8 cm³/mol. The van der Waals surface area contributed by atoms with Gasteiger partial charge < -0.3 is 15.8 Å². The maximum atomic E-state index is 11.2. The van der Waals surface area contributed by atoms with Crippen molar-refractivity contribution in [2.45, 2.75) is 19.8 Å². The largest absolute Gasteiger partial charge is 0.466 e. The molecule has 0 fully saturated rings. The van der Waals surface area contributed by atoms with Crippen LogP contribution in [0.15, 0.2) is 24.3 Å². The lowest BCUT2D eigenvalue weighted by Crippen LogP contribution is -2.18. The van der Waals surface area contributed by atoms with E-state index in [0.717, 1.165) is 11.3 Å². The summed E-state index contributed by atoms with van der Waals surface area (Å²) in [6.45, 7) is 2.21. The molecule has 92 valence electrons. The molecule has 0 aliphatic rings. The van der Waals surface area contributed by atoms with Crippen LogP contribution in [-0.2, 0) is 16.0 Å². The molecule has 0 heterocycles. The molecule has 0 aromatic heterocycles. The second-order valence-electron chi connectivity index (χ2n) is 3.49. The molecule has 5 heteroatoms. The molecule has 0 bridgehead atoms. The van der Waals surface area contributed by atoms with Crippen molar-refractivity contribution in [3.8, 4) is 0 Å². The van der Waals surface area contributed by atoms with E-state index >= 15 is 0 Å². The van der Waals surface area contributed by atoms with E-state index < -0.39 is 0 Å². The van der Waals surface area contributed by atoms with Crippen LogP contribution in [-0.4, -0.2) is 17.7 Å². The standard InChI is InChI=1S/C12H16N2O2S/c1-2-16-11(15)7-6-9-4-3-5-10(8-9)14-12(13)17/h3-5,8H,2,6-7H2,1H3,(H3,13,14,17). The molecule has 0 amide bonds. The number of nitrogens with two attached hydrogens (primary N) is 1. The minimum Gasteiger partial charge on any atom is -0.466 e. The second-order valence-corrected chi connectivity index (χ2v) is 3.93. The van der Waals surface area contributed by atoms with Crippen LogP contribution >= 0.6 is 12.2 Å². The summed E-state index contributed by atoms with van der Waals surface area (Å²) >= 11 is 4.75. The Morgan fingerprint density at radius 2 is 2.29 bits per heavy atom. The third-order valence-corrected chi connectivity index (χ3v) is 2.22. The van der Waals surface area contributed by atoms with E-state index in [1.165, 1.54) is 0 Å². The normalized spacial score (nSPS) is 9.71. The molecule has 0 radical (unpaired) electrons. The first kappa shape index (κ1) is 13.4. The van der Waals surface area contributed by atoms with E-state index in [9.17, 15) is 4.79 Å². The Morgan fingerprint density at radius 3 is 2.94 bits per heavy atom. The smallest absolute Gasteiger partial charge is 0.306 e. The van der Waals surface area contributed by atoms with Crippen LogP contribution in [0.4, 0.5) is 5.69 Å². The molecule has 1 rings (SSSR count). The summed E-state index contributed by atoms with van der Waals surface area (Å²) in [6, 6.07) is 7.62. The van der Waals surface area contributed by atoms with Crippen molar-refractivity contribution in [1.82, 2.24) is 0 Å². The SMILES string of the molecule is CCOC(=O)CCc1cccc(NC(N)=S)c1. The number of benzene rings is 1. The quantitative estimate of drug-likeness (QED) is 0.618. The van der Waals surface area contributed by atoms with Crippen molar-refractivity contribution in [3.63, 3.8) is 0 Å². The summed E-state index contributed by atoms with van der Waals surface area (Å²) in [5.41, 5.74) is 7.26. The van der Waals surface area contributed by atoms with Crippen molar-refractivity contribution in [2.24, 2.45) is 5.73 Å². The van der Waals surface area contributed by atoms with Gasteiger partial charge in [0, 0.05) is 12.1 Å². The molecule has 3 N–H and O–H groups in total. The van der Waals surface area contributed by atoms with E-state index in [0.29, 0.717) is 19.4 Å². The van der Waals surface area contributed by atoms with E-state index in [-0.39, 0.29) is 11.1 Å². The first-order chi connectivity index (χ1) is 8.11. The highest BCUT2D eigenvalue weighted by Gasteiger charge is 2.03. The Balaban J connectivity index is 2.53. The van der Waals surface area contributed by atoms with Gasteiger partial charge in [-0.15, -0.1) is 0 Å². The first-order valence-electron chi connectivity index (χ1n) is 5.43. The molecule has 1 aromatic rings. The number of carbonyl (C=O) groups excluding carboxylic acids is 1. The van der Waals surface area contributed by atoms with Crippen molar-refractivity contribution >= 4 is 29.0 Å². The molecule has 0 saturated heterocycles. The number of ether oxygens (including phenoxy) is 1. The molecule has 0 atom stereocenters. The summed E-state index contributed by atoms with van der Waals surface area (Å²) in [5.74, 6) is -0.180. The maximum absolute atomic E-state index is 11.2. The molecule has 0 unspecified atom stereocenters. The third-order valence-electron chi connectivity index (χ3n) is 2.12. The summed E-state index contributed by atoms with van der Waals surface area (Å²) < 4.78 is 4.86. The monoisotopic (exact) mass is 252 g/mol. The van der Waals surface area contributed by atoms with E-state index in [4.69, 9.17) is 22.7 Å². The molecular weight excluding hydrogens is 236 g/mol. The Morgan fingerprint density at radius 1 is 1.53 bits per heavy atom. The number of esters is 1. The fourth-order valence-electron chi connectivity index (χ4n) is 1.43. The zero-order chi connectivity index (χ0) is 12.7. The number of hydrogen-bond acceptors (Lipinski definition) is 3. The summed E-state index contributed by atoms with van der Waals surface area (Å²) in [4.78, 5) is 11.2. The zero-order valence-corrected chi connectivity index (χ0v) is 10.5. The van der Waals surface area contributed by atoms with E-state index in [2.05, 4.69) is 5.32 Å². The van der Waals surface area contributed by atoms with Gasteiger partial charge in [-0.3, -0.25) is 4.79 Å². The van der Waals surface area contributed by atoms with Gasteiger partial charge in [-0.1, -0.05) is 12.1 Å². The third kappa shape index (κ3) is 5.31. The highest BCUT2D eigenvalue weighted by molar-refractivity contribution is 7.80. The molecular formula is C12H16N2O2S. The molecule has 0 aliphatic carbocycles. The van der Waals surface area contributed by atoms with Crippen LogP contribution < -0.4 is 11.1 Å². The average molecular weight is 252 g/mol. The Hall–Kier alpha value is -1.62. The summed E-state index contributed by atoms with van der Waals surface area (Å²) in [6.07, 6.45) is 1.02. The number of rotatable bonds is 5. The molecule has 0 spiro atoms. The first-order valence-corrected chi connectivity index (χ1v) is 5.83. The lowest BCUT2D eigenvalue weighted by Gasteiger charge is -2.06. The van der Waals surface area contributed by atoms with Gasteiger partial charge in [0.15, 0.2) is 5.11 Å². The second kappa shape index (κ2) is 6.85. The number of nitrogens with one attached hydrogen (secondary N) is 1. The van der Waals surface area contributed by atoms with Crippen LogP contribution in [0.5, 0.6) is 0 Å². The topological polar surface area (TPSA) is 64.3 Å². The maximum Gasteiger partial charge on any atom is 0.306 e. The van der Waals surface area contributed by atoms with Gasteiger partial charge in [0.25, 0.3) is 0 Å². The van der Waals surface area contributed by atoms with Gasteiger partial charge in [-0.2, -0.15) is 0 Å². The fourth-order valence-corrected chi connectivity index (χ4v) is 1.54. The molecule has 0 aliphatic heterocycles. The van der Waals surface area contributed by atoms with Gasteiger partial charge in [-0.05, 0) is 43.3 Å². The molecule has 4 nitrogen and oxygen atoms in total. The lowest BCUT2D eigenvalue weighted by molar-refractivity contribution is -0.143. The van der Waals surface area contributed by atoms with Crippen molar-refractivity contribution in [1.29, 1.82) is 0 Å². The molecule has 1 aromatic carbocycles. The number of anilines is 1. The van der Waals surface area contributed by atoms with E-state index in [1.807, 2.05) is 24.3 Å². The minimum atomic E-state index is -0.180. The molecule has 0 saturated carbocycles.